The molecule has 0 spiro atoms. The zero-order valence-corrected chi connectivity index (χ0v) is 13.8. The summed E-state index contributed by atoms with van der Waals surface area (Å²) < 4.78 is 5.11. The quantitative estimate of drug-likeness (QED) is 0.819. The van der Waals surface area contributed by atoms with Crippen LogP contribution in [0.1, 0.15) is 40.6 Å². The highest BCUT2D eigenvalue weighted by Gasteiger charge is 2.31. The maximum Gasteiger partial charge on any atom is 0.341 e. The lowest BCUT2D eigenvalue weighted by molar-refractivity contribution is -0.117. The van der Waals surface area contributed by atoms with Crippen molar-refractivity contribution in [3.05, 3.63) is 52.4 Å². The molecule has 0 saturated heterocycles. The average molecular weight is 329 g/mol. The van der Waals surface area contributed by atoms with Crippen LogP contribution in [-0.4, -0.2) is 18.5 Å². The van der Waals surface area contributed by atoms with Crippen LogP contribution in [-0.2, 0) is 16.0 Å². The molecule has 2 aromatic rings. The second-order valence-corrected chi connectivity index (χ2v) is 6.74. The molecule has 0 radical (unpaired) electrons. The summed E-state index contributed by atoms with van der Waals surface area (Å²) in [5, 5.41) is 3.50. The monoisotopic (exact) mass is 329 g/mol. The van der Waals surface area contributed by atoms with E-state index in [-0.39, 0.29) is 17.8 Å². The van der Waals surface area contributed by atoms with Gasteiger partial charge in [-0.3, -0.25) is 4.79 Å². The first-order valence-corrected chi connectivity index (χ1v) is 8.63. The molecule has 0 bridgehead atoms. The first-order chi connectivity index (χ1) is 11.2. The largest absolute Gasteiger partial charge is 0.462 e. The third-order valence-electron chi connectivity index (χ3n) is 3.68. The predicted molar refractivity (Wildman–Crippen MR) is 90.9 cm³/mol. The number of anilines is 1. The van der Waals surface area contributed by atoms with Gasteiger partial charge in [0, 0.05) is 17.2 Å². The summed E-state index contributed by atoms with van der Waals surface area (Å²) in [6, 6.07) is 11.9. The van der Waals surface area contributed by atoms with Gasteiger partial charge < -0.3 is 10.1 Å². The molecule has 1 saturated carbocycles. The van der Waals surface area contributed by atoms with Crippen LogP contribution in [0.15, 0.2) is 36.4 Å². The molecule has 4 nitrogen and oxygen atoms in total. The van der Waals surface area contributed by atoms with Crippen LogP contribution >= 0.6 is 11.3 Å². The minimum Gasteiger partial charge on any atom is -0.462 e. The van der Waals surface area contributed by atoms with E-state index >= 15 is 0 Å². The van der Waals surface area contributed by atoms with Crippen molar-refractivity contribution in [1.29, 1.82) is 0 Å². The first-order valence-electron chi connectivity index (χ1n) is 7.82. The molecule has 1 heterocycles. The fourth-order valence-corrected chi connectivity index (χ4v) is 3.42. The average Bonchev–Trinajstić information content (AvgIpc) is 3.32. The Morgan fingerprint density at radius 3 is 2.65 bits per heavy atom. The summed E-state index contributed by atoms with van der Waals surface area (Å²) in [4.78, 5) is 25.2. The first kappa shape index (κ1) is 15.7. The summed E-state index contributed by atoms with van der Waals surface area (Å²) in [7, 11) is 0. The van der Waals surface area contributed by atoms with Crippen molar-refractivity contribution in [2.24, 2.45) is 5.92 Å². The molecule has 1 N–H and O–H groups in total. The van der Waals surface area contributed by atoms with Crippen molar-refractivity contribution in [1.82, 2.24) is 0 Å². The van der Waals surface area contributed by atoms with Gasteiger partial charge in [0.2, 0.25) is 5.91 Å². The number of thiophene rings is 1. The van der Waals surface area contributed by atoms with E-state index in [9.17, 15) is 9.59 Å². The molecule has 5 heteroatoms. The zero-order valence-electron chi connectivity index (χ0n) is 13.0. The maximum absolute atomic E-state index is 12.1. The fraction of sp³-hybridized carbons (Fsp3) is 0.333. The number of carbonyl (C=O) groups excluding carboxylic acids is 2. The molecular formula is C18H19NO3S. The highest BCUT2D eigenvalue weighted by molar-refractivity contribution is 7.16. The fourth-order valence-electron chi connectivity index (χ4n) is 2.34. The van der Waals surface area contributed by atoms with Gasteiger partial charge in [0.25, 0.3) is 0 Å². The SMILES string of the molecule is CCOC(=O)c1cc(Cc2ccccc2)sc1NC(=O)C1CC1. The van der Waals surface area contributed by atoms with Crippen molar-refractivity contribution in [3.63, 3.8) is 0 Å². The van der Waals surface area contributed by atoms with Gasteiger partial charge in [-0.1, -0.05) is 30.3 Å². The molecule has 0 atom stereocenters. The van der Waals surface area contributed by atoms with Crippen LogP contribution in [0.4, 0.5) is 5.00 Å². The van der Waals surface area contributed by atoms with Crippen molar-refractivity contribution in [2.45, 2.75) is 26.2 Å². The molecule has 0 aliphatic heterocycles. The van der Waals surface area contributed by atoms with Crippen LogP contribution in [0.3, 0.4) is 0 Å². The molecular weight excluding hydrogens is 310 g/mol. The summed E-state index contributed by atoms with van der Waals surface area (Å²) in [5.74, 6) is -0.275. The number of hydrogen-bond donors (Lipinski definition) is 1. The van der Waals surface area contributed by atoms with E-state index in [1.807, 2.05) is 36.4 Å². The van der Waals surface area contributed by atoms with Gasteiger partial charge in [-0.25, -0.2) is 4.79 Å². The Hall–Kier alpha value is -2.14. The van der Waals surface area contributed by atoms with Gasteiger partial charge in [0.15, 0.2) is 0 Å². The number of benzene rings is 1. The third-order valence-corrected chi connectivity index (χ3v) is 4.73. The van der Waals surface area contributed by atoms with Crippen LogP contribution in [0.5, 0.6) is 0 Å². The van der Waals surface area contributed by atoms with Gasteiger partial charge in [-0.2, -0.15) is 0 Å². The van der Waals surface area contributed by atoms with Crippen molar-refractivity contribution in [3.8, 4) is 0 Å². The van der Waals surface area contributed by atoms with E-state index in [2.05, 4.69) is 5.32 Å². The summed E-state index contributed by atoms with van der Waals surface area (Å²) in [6.45, 7) is 2.09. The topological polar surface area (TPSA) is 55.4 Å². The number of rotatable bonds is 6. The standard InChI is InChI=1S/C18H19NO3S/c1-2-22-18(21)15-11-14(10-12-6-4-3-5-7-12)23-17(15)19-16(20)13-8-9-13/h3-7,11,13H,2,8-10H2,1H3,(H,19,20). The number of nitrogens with one attached hydrogen (secondary N) is 1. The van der Waals surface area contributed by atoms with E-state index < -0.39 is 0 Å². The number of amides is 1. The summed E-state index contributed by atoms with van der Waals surface area (Å²) in [6.07, 6.45) is 2.60. The number of carbonyl (C=O) groups is 2. The predicted octanol–water partition coefficient (Wildman–Crippen LogP) is 3.86. The van der Waals surface area contributed by atoms with Gasteiger partial charge in [0.1, 0.15) is 5.00 Å². The molecule has 1 fully saturated rings. The lowest BCUT2D eigenvalue weighted by Crippen LogP contribution is -2.15. The van der Waals surface area contributed by atoms with E-state index in [4.69, 9.17) is 4.74 Å². The van der Waals surface area contributed by atoms with Gasteiger partial charge in [0.05, 0.1) is 12.2 Å². The van der Waals surface area contributed by atoms with Gasteiger partial charge in [-0.05, 0) is 31.4 Å². The third kappa shape index (κ3) is 3.99. The number of hydrogen-bond acceptors (Lipinski definition) is 4. The lowest BCUT2D eigenvalue weighted by Gasteiger charge is -2.04. The van der Waals surface area contributed by atoms with Crippen LogP contribution < -0.4 is 5.32 Å². The van der Waals surface area contributed by atoms with E-state index in [1.54, 1.807) is 6.92 Å². The minimum absolute atomic E-state index is 0.00339. The Morgan fingerprint density at radius 1 is 1.26 bits per heavy atom. The highest BCUT2D eigenvalue weighted by Crippen LogP contribution is 2.34. The molecule has 0 unspecified atom stereocenters. The molecule has 1 aromatic heterocycles. The van der Waals surface area contributed by atoms with Crippen molar-refractivity contribution >= 4 is 28.2 Å². The summed E-state index contributed by atoms with van der Waals surface area (Å²) in [5.41, 5.74) is 1.63. The molecule has 23 heavy (non-hydrogen) atoms. The number of esters is 1. The summed E-state index contributed by atoms with van der Waals surface area (Å²) >= 11 is 1.45. The van der Waals surface area contributed by atoms with E-state index in [0.717, 1.165) is 24.1 Å². The second-order valence-electron chi connectivity index (χ2n) is 5.60. The Morgan fingerprint density at radius 2 is 2.00 bits per heavy atom. The maximum atomic E-state index is 12.1. The van der Waals surface area contributed by atoms with Crippen LogP contribution in [0.2, 0.25) is 0 Å². The normalized spacial score (nSPS) is 13.6. The van der Waals surface area contributed by atoms with Crippen molar-refractivity contribution in [2.75, 3.05) is 11.9 Å². The van der Waals surface area contributed by atoms with Crippen molar-refractivity contribution < 1.29 is 14.3 Å². The minimum atomic E-state index is -0.380. The zero-order chi connectivity index (χ0) is 16.2. The molecule has 1 aliphatic carbocycles. The Balaban J connectivity index is 1.82. The van der Waals surface area contributed by atoms with Crippen LogP contribution in [0.25, 0.3) is 0 Å². The lowest BCUT2D eigenvalue weighted by atomic mass is 10.1. The molecule has 1 aliphatic rings. The molecule has 1 aromatic carbocycles. The highest BCUT2D eigenvalue weighted by atomic mass is 32.1. The van der Waals surface area contributed by atoms with Crippen LogP contribution in [0, 0.1) is 5.92 Å². The Labute approximate surface area is 139 Å². The smallest absolute Gasteiger partial charge is 0.341 e. The second kappa shape index (κ2) is 6.96. The van der Waals surface area contributed by atoms with Gasteiger partial charge >= 0.3 is 5.97 Å². The Bertz CT molecular complexity index is 704. The molecule has 3 rings (SSSR count). The van der Waals surface area contributed by atoms with E-state index in [0.29, 0.717) is 17.2 Å². The molecule has 1 amide bonds. The number of ether oxygens (including phenoxy) is 1. The molecule has 120 valence electrons. The van der Waals surface area contributed by atoms with E-state index in [1.165, 1.54) is 16.9 Å². The Kier molecular flexibility index (Phi) is 4.76. The van der Waals surface area contributed by atoms with Gasteiger partial charge in [-0.15, -0.1) is 11.3 Å².